The number of aromatic nitrogens is 5. The molecule has 7 nitrogen and oxygen atoms in total. The summed E-state index contributed by atoms with van der Waals surface area (Å²) in [5.41, 5.74) is 1.02. The minimum atomic E-state index is -0.943. The van der Waals surface area contributed by atoms with Crippen molar-refractivity contribution in [2.75, 3.05) is 0 Å². The molecule has 9 heteroatoms. The maximum absolute atomic E-state index is 11.0. The quantitative estimate of drug-likeness (QED) is 0.789. The highest BCUT2D eigenvalue weighted by molar-refractivity contribution is 8.01. The minimum Gasteiger partial charge on any atom is -0.478 e. The Bertz CT molecular complexity index is 811. The first-order valence-electron chi connectivity index (χ1n) is 6.14. The number of fused-ring (bicyclic) bond motifs is 1. The molecule has 0 aliphatic rings. The molecule has 0 amide bonds. The normalized spacial score (nSPS) is 11.4. The summed E-state index contributed by atoms with van der Waals surface area (Å²) in [5.74, 6) is -0.943. The fourth-order valence-electron chi connectivity index (χ4n) is 1.63. The number of carboxylic acids is 1. The van der Waals surface area contributed by atoms with Crippen LogP contribution in [0.15, 0.2) is 27.7 Å². The number of benzene rings is 1. The van der Waals surface area contributed by atoms with E-state index in [9.17, 15) is 4.79 Å². The van der Waals surface area contributed by atoms with E-state index < -0.39 is 5.97 Å². The first kappa shape index (κ1) is 14.0. The van der Waals surface area contributed by atoms with Crippen LogP contribution < -0.4 is 0 Å². The zero-order valence-corrected chi connectivity index (χ0v) is 12.9. The van der Waals surface area contributed by atoms with E-state index in [1.54, 1.807) is 18.2 Å². The smallest absolute Gasteiger partial charge is 0.335 e. The maximum Gasteiger partial charge on any atom is 0.335 e. The van der Waals surface area contributed by atoms with Crippen LogP contribution in [0.3, 0.4) is 0 Å². The lowest BCUT2D eigenvalue weighted by atomic mass is 10.2. The molecule has 3 rings (SSSR count). The lowest BCUT2D eigenvalue weighted by molar-refractivity contribution is 0.0697. The van der Waals surface area contributed by atoms with Crippen LogP contribution in [0.1, 0.15) is 30.2 Å². The molecule has 0 saturated heterocycles. The summed E-state index contributed by atoms with van der Waals surface area (Å²) < 4.78 is 1.59. The number of aromatic carboxylic acids is 1. The molecule has 2 aromatic heterocycles. The van der Waals surface area contributed by atoms with Crippen LogP contribution in [-0.2, 0) is 0 Å². The van der Waals surface area contributed by atoms with Crippen molar-refractivity contribution in [3.8, 4) is 0 Å². The van der Waals surface area contributed by atoms with Gasteiger partial charge in [0.1, 0.15) is 0 Å². The average Bonchev–Trinajstić information content (AvgIpc) is 3.03. The van der Waals surface area contributed by atoms with Gasteiger partial charge in [0.2, 0.25) is 5.16 Å². The summed E-state index contributed by atoms with van der Waals surface area (Å²) in [5, 5.41) is 21.7. The molecule has 0 aliphatic carbocycles. The number of hydrogen-bond donors (Lipinski definition) is 1. The van der Waals surface area contributed by atoms with Gasteiger partial charge < -0.3 is 5.11 Å². The molecule has 0 radical (unpaired) electrons. The van der Waals surface area contributed by atoms with Gasteiger partial charge in [-0.2, -0.15) is 4.80 Å². The van der Waals surface area contributed by atoms with E-state index in [4.69, 9.17) is 5.11 Å². The van der Waals surface area contributed by atoms with E-state index in [1.165, 1.54) is 27.9 Å². The third-order valence-electron chi connectivity index (χ3n) is 2.67. The Morgan fingerprint density at radius 1 is 1.43 bits per heavy atom. The van der Waals surface area contributed by atoms with E-state index in [0.717, 1.165) is 14.6 Å². The van der Waals surface area contributed by atoms with Crippen molar-refractivity contribution < 1.29 is 9.90 Å². The Labute approximate surface area is 128 Å². The predicted molar refractivity (Wildman–Crippen MR) is 78.9 cm³/mol. The third-order valence-corrected chi connectivity index (χ3v) is 4.59. The SMILES string of the molecule is CC(C)n1nnc(Sc2nc3ccc(C(=O)O)cc3s2)n1. The van der Waals surface area contributed by atoms with Gasteiger partial charge in [-0.05, 0) is 49.0 Å². The molecule has 0 atom stereocenters. The van der Waals surface area contributed by atoms with Crippen LogP contribution in [0.5, 0.6) is 0 Å². The number of carbonyl (C=O) groups is 1. The molecule has 0 aliphatic heterocycles. The highest BCUT2D eigenvalue weighted by Gasteiger charge is 2.12. The number of thiazole rings is 1. The molecule has 21 heavy (non-hydrogen) atoms. The van der Waals surface area contributed by atoms with Gasteiger partial charge in [-0.1, -0.05) is 0 Å². The number of carboxylic acid groups (broad SMARTS) is 1. The molecule has 0 saturated carbocycles. The third kappa shape index (κ3) is 2.88. The number of tetrazole rings is 1. The van der Waals surface area contributed by atoms with Crippen LogP contribution >= 0.6 is 23.1 Å². The highest BCUT2D eigenvalue weighted by Crippen LogP contribution is 2.33. The van der Waals surface area contributed by atoms with E-state index in [1.807, 2.05) is 13.8 Å². The molecule has 0 spiro atoms. The second-order valence-corrected chi connectivity index (χ2v) is 6.80. The van der Waals surface area contributed by atoms with Gasteiger partial charge in [-0.25, -0.2) is 9.78 Å². The summed E-state index contributed by atoms with van der Waals surface area (Å²) in [6, 6.07) is 5.03. The van der Waals surface area contributed by atoms with E-state index in [0.29, 0.717) is 5.16 Å². The Morgan fingerprint density at radius 2 is 2.24 bits per heavy atom. The minimum absolute atomic E-state index is 0.153. The molecule has 1 aromatic carbocycles. The van der Waals surface area contributed by atoms with E-state index in [2.05, 4.69) is 20.4 Å². The zero-order valence-electron chi connectivity index (χ0n) is 11.2. The first-order valence-corrected chi connectivity index (χ1v) is 7.77. The van der Waals surface area contributed by atoms with Crippen LogP contribution in [0.2, 0.25) is 0 Å². The molecule has 0 bridgehead atoms. The van der Waals surface area contributed by atoms with E-state index in [-0.39, 0.29) is 11.6 Å². The Hall–Kier alpha value is -2.00. The second kappa shape index (κ2) is 5.41. The maximum atomic E-state index is 11.0. The number of rotatable bonds is 4. The zero-order chi connectivity index (χ0) is 15.0. The predicted octanol–water partition coefficient (Wildman–Crippen LogP) is 2.71. The Balaban J connectivity index is 1.88. The van der Waals surface area contributed by atoms with Crippen LogP contribution in [0.4, 0.5) is 0 Å². The van der Waals surface area contributed by atoms with Gasteiger partial charge in [-0.3, -0.25) is 0 Å². The molecule has 0 unspecified atom stereocenters. The lowest BCUT2D eigenvalue weighted by Crippen LogP contribution is -2.04. The number of hydrogen-bond acceptors (Lipinski definition) is 7. The monoisotopic (exact) mass is 321 g/mol. The highest BCUT2D eigenvalue weighted by atomic mass is 32.2. The molecular weight excluding hydrogens is 310 g/mol. The lowest BCUT2D eigenvalue weighted by Gasteiger charge is -1.98. The van der Waals surface area contributed by atoms with Crippen molar-refractivity contribution in [2.24, 2.45) is 0 Å². The van der Waals surface area contributed by atoms with Crippen molar-refractivity contribution in [2.45, 2.75) is 29.4 Å². The van der Waals surface area contributed by atoms with Gasteiger partial charge in [0.25, 0.3) is 0 Å². The molecule has 3 aromatic rings. The number of nitrogens with zero attached hydrogens (tertiary/aromatic N) is 5. The Morgan fingerprint density at radius 3 is 2.90 bits per heavy atom. The standard InChI is InChI=1S/C12H11N5O2S2/c1-6(2)17-15-11(14-16-17)21-12-13-8-4-3-7(10(18)19)5-9(8)20-12/h3-6H,1-2H3,(H,18,19). The van der Waals surface area contributed by atoms with Crippen LogP contribution in [-0.4, -0.2) is 36.3 Å². The van der Waals surface area contributed by atoms with Gasteiger partial charge >= 0.3 is 5.97 Å². The summed E-state index contributed by atoms with van der Waals surface area (Å²) in [7, 11) is 0. The fraction of sp³-hybridized carbons (Fsp3) is 0.250. The Kier molecular flexibility index (Phi) is 3.60. The van der Waals surface area contributed by atoms with Crippen molar-refractivity contribution in [1.29, 1.82) is 0 Å². The average molecular weight is 321 g/mol. The largest absolute Gasteiger partial charge is 0.478 e. The van der Waals surface area contributed by atoms with Crippen molar-refractivity contribution in [3.05, 3.63) is 23.8 Å². The molecule has 2 heterocycles. The molecule has 1 N–H and O–H groups in total. The summed E-state index contributed by atoms with van der Waals surface area (Å²) in [4.78, 5) is 16.9. The topological polar surface area (TPSA) is 93.8 Å². The summed E-state index contributed by atoms with van der Waals surface area (Å²) in [6.45, 7) is 3.95. The fourth-order valence-corrected chi connectivity index (χ4v) is 3.53. The van der Waals surface area contributed by atoms with Gasteiger partial charge in [-0.15, -0.1) is 21.5 Å². The second-order valence-electron chi connectivity index (χ2n) is 4.56. The van der Waals surface area contributed by atoms with Crippen molar-refractivity contribution >= 4 is 39.3 Å². The molecular formula is C12H11N5O2S2. The van der Waals surface area contributed by atoms with Gasteiger partial charge in [0.15, 0.2) is 4.34 Å². The molecule has 108 valence electrons. The van der Waals surface area contributed by atoms with Gasteiger partial charge in [0.05, 0.1) is 21.8 Å². The van der Waals surface area contributed by atoms with E-state index >= 15 is 0 Å². The van der Waals surface area contributed by atoms with Crippen molar-refractivity contribution in [1.82, 2.24) is 25.2 Å². The van der Waals surface area contributed by atoms with Crippen molar-refractivity contribution in [3.63, 3.8) is 0 Å². The summed E-state index contributed by atoms with van der Waals surface area (Å²) in [6.07, 6.45) is 0. The summed E-state index contributed by atoms with van der Waals surface area (Å²) >= 11 is 2.73. The van der Waals surface area contributed by atoms with Gasteiger partial charge in [0, 0.05) is 0 Å². The van der Waals surface area contributed by atoms with Crippen LogP contribution in [0, 0.1) is 0 Å². The molecule has 0 fully saturated rings. The first-order chi connectivity index (χ1) is 10.0. The van der Waals surface area contributed by atoms with Crippen LogP contribution in [0.25, 0.3) is 10.2 Å².